The van der Waals surface area contributed by atoms with E-state index in [1.165, 1.54) is 0 Å². The third-order valence-corrected chi connectivity index (χ3v) is 6.66. The Morgan fingerprint density at radius 1 is 0.731 bits per heavy atom. The predicted molar refractivity (Wildman–Crippen MR) is 109 cm³/mol. The molecule has 0 aliphatic rings. The minimum absolute atomic E-state index is 0.315. The molecule has 0 saturated heterocycles. The Hall–Kier alpha value is -1.34. The average molecular weight is 397 g/mol. The van der Waals surface area contributed by atoms with Crippen LogP contribution in [0.2, 0.25) is 0 Å². The van der Waals surface area contributed by atoms with E-state index in [2.05, 4.69) is 0 Å². The van der Waals surface area contributed by atoms with Gasteiger partial charge < -0.3 is 18.6 Å². The first-order valence-corrected chi connectivity index (χ1v) is 10.8. The summed E-state index contributed by atoms with van der Waals surface area (Å²) in [5.74, 6) is 1.40. The molecule has 0 N–H and O–H groups in total. The lowest BCUT2D eigenvalue weighted by atomic mass is 10.3. The van der Waals surface area contributed by atoms with E-state index in [0.717, 1.165) is 0 Å². The second kappa shape index (κ2) is 11.4. The lowest BCUT2D eigenvalue weighted by Gasteiger charge is -2.17. The number of hydrogen-bond donors (Lipinski definition) is 0. The second-order valence-electron chi connectivity index (χ2n) is 6.05. The number of methoxy groups -OCH3 is 2. The van der Waals surface area contributed by atoms with E-state index in [1.54, 1.807) is 26.4 Å². The van der Waals surface area contributed by atoms with Gasteiger partial charge in [-0.2, -0.15) is 0 Å². The molecular formula is C20H28O4S2. The molecule has 0 atom stereocenters. The highest BCUT2D eigenvalue weighted by Crippen LogP contribution is 2.26. The molecule has 0 aliphatic carbocycles. The van der Waals surface area contributed by atoms with Gasteiger partial charge in [0.2, 0.25) is 0 Å². The van der Waals surface area contributed by atoms with Crippen LogP contribution in [0.3, 0.4) is 0 Å². The van der Waals surface area contributed by atoms with Crippen LogP contribution >= 0.6 is 0 Å². The van der Waals surface area contributed by atoms with Crippen molar-refractivity contribution in [2.75, 3.05) is 14.2 Å². The molecule has 4 nitrogen and oxygen atoms in total. The maximum atomic E-state index is 12.4. The molecule has 0 aromatic heterocycles. The van der Waals surface area contributed by atoms with Gasteiger partial charge in [0.05, 0.1) is 14.2 Å². The van der Waals surface area contributed by atoms with E-state index < -0.39 is 22.4 Å². The van der Waals surface area contributed by atoms with Crippen LogP contribution in [0.4, 0.5) is 0 Å². The molecule has 0 aliphatic heterocycles. The molecule has 0 amide bonds. The normalized spacial score (nSPS) is 10.9. The minimum Gasteiger partial charge on any atom is -0.616 e. The van der Waals surface area contributed by atoms with Crippen LogP contribution < -0.4 is 9.47 Å². The van der Waals surface area contributed by atoms with Gasteiger partial charge in [0.1, 0.15) is 22.0 Å². The summed E-state index contributed by atoms with van der Waals surface area (Å²) in [5, 5.41) is 0.630. The van der Waals surface area contributed by atoms with E-state index in [1.807, 2.05) is 64.1 Å². The molecule has 6 heteroatoms. The summed E-state index contributed by atoms with van der Waals surface area (Å²) >= 11 is -1.85. The smallest absolute Gasteiger partial charge is 0.162 e. The molecule has 0 saturated carbocycles. The van der Waals surface area contributed by atoms with Crippen molar-refractivity contribution >= 4 is 22.4 Å². The van der Waals surface area contributed by atoms with Crippen LogP contribution in [0, 0.1) is 0 Å². The van der Waals surface area contributed by atoms with Gasteiger partial charge >= 0.3 is 0 Å². The quantitative estimate of drug-likeness (QED) is 0.678. The van der Waals surface area contributed by atoms with Crippen molar-refractivity contribution in [1.29, 1.82) is 0 Å². The predicted octanol–water partition coefficient (Wildman–Crippen LogP) is 4.42. The fourth-order valence-corrected chi connectivity index (χ4v) is 4.32. The molecule has 0 fully saturated rings. The summed E-state index contributed by atoms with van der Waals surface area (Å²) in [7, 11) is 3.18. The van der Waals surface area contributed by atoms with E-state index in [4.69, 9.17) is 9.47 Å². The van der Waals surface area contributed by atoms with Crippen LogP contribution in [0.5, 0.6) is 11.5 Å². The van der Waals surface area contributed by atoms with Crippen molar-refractivity contribution in [3.63, 3.8) is 0 Å². The molecule has 144 valence electrons. The number of ether oxygens (including phenoxy) is 2. The molecule has 0 bridgehead atoms. The van der Waals surface area contributed by atoms with E-state index in [0.29, 0.717) is 31.8 Å². The van der Waals surface area contributed by atoms with Crippen molar-refractivity contribution in [2.45, 2.75) is 48.0 Å². The van der Waals surface area contributed by atoms with E-state index >= 15 is 0 Å². The standard InChI is InChI=1S/C14H14O3S.C6H14OS/c1-16-11-5-3-7-13(9-11)18(15)14-8-4-6-12(10-14)17-2;1-5(2)8(7)6(3)4/h3-10H,1-2H3;5-6H,1-4H3. The summed E-state index contributed by atoms with van der Waals surface area (Å²) in [6.45, 7) is 7.93. The molecule has 2 rings (SSSR count). The first-order valence-electron chi connectivity index (χ1n) is 8.39. The Morgan fingerprint density at radius 3 is 1.38 bits per heavy atom. The molecule has 0 spiro atoms. The topological polar surface area (TPSA) is 64.6 Å². The number of benzene rings is 2. The molecule has 2 aromatic rings. The van der Waals surface area contributed by atoms with E-state index in [9.17, 15) is 9.11 Å². The summed E-state index contributed by atoms with van der Waals surface area (Å²) in [4.78, 5) is 1.42. The Morgan fingerprint density at radius 2 is 1.12 bits per heavy atom. The van der Waals surface area contributed by atoms with Gasteiger partial charge in [-0.25, -0.2) is 0 Å². The highest BCUT2D eigenvalue weighted by Gasteiger charge is 2.16. The number of rotatable bonds is 6. The van der Waals surface area contributed by atoms with Crippen molar-refractivity contribution < 1.29 is 18.6 Å². The van der Waals surface area contributed by atoms with E-state index in [-0.39, 0.29) is 0 Å². The van der Waals surface area contributed by atoms with Gasteiger partial charge in [0.15, 0.2) is 9.79 Å². The van der Waals surface area contributed by atoms with Crippen LogP contribution in [0.1, 0.15) is 27.7 Å². The average Bonchev–Trinajstić information content (AvgIpc) is 2.67. The van der Waals surface area contributed by atoms with Crippen molar-refractivity contribution in [3.05, 3.63) is 48.5 Å². The number of hydrogen-bond acceptors (Lipinski definition) is 4. The van der Waals surface area contributed by atoms with Gasteiger partial charge in [-0.05, 0) is 63.1 Å². The van der Waals surface area contributed by atoms with Crippen LogP contribution in [-0.2, 0) is 22.4 Å². The van der Waals surface area contributed by atoms with Crippen molar-refractivity contribution in [1.82, 2.24) is 0 Å². The minimum atomic E-state index is -1.23. The third kappa shape index (κ3) is 7.11. The first kappa shape index (κ1) is 22.7. The highest BCUT2D eigenvalue weighted by atomic mass is 32.2. The van der Waals surface area contributed by atoms with Gasteiger partial charge in [0.25, 0.3) is 0 Å². The fourth-order valence-electron chi connectivity index (χ4n) is 2.11. The SMILES string of the molecule is CC(C)[S+]([O-])C(C)C.COc1cccc([S+]([O-])c2cccc(OC)c2)c1. The Kier molecular flexibility index (Phi) is 9.94. The van der Waals surface area contributed by atoms with Crippen molar-refractivity contribution in [2.24, 2.45) is 0 Å². The Bertz CT molecular complexity index is 606. The molecular weight excluding hydrogens is 368 g/mol. The maximum Gasteiger partial charge on any atom is 0.162 e. The zero-order chi connectivity index (χ0) is 19.7. The van der Waals surface area contributed by atoms with Crippen molar-refractivity contribution in [3.8, 4) is 11.5 Å². The highest BCUT2D eigenvalue weighted by molar-refractivity contribution is 7.92. The van der Waals surface area contributed by atoms with Gasteiger partial charge in [-0.15, -0.1) is 0 Å². The van der Waals surface area contributed by atoms with Crippen LogP contribution in [0.25, 0.3) is 0 Å². The molecule has 0 radical (unpaired) electrons. The van der Waals surface area contributed by atoms with Crippen LogP contribution in [-0.4, -0.2) is 33.8 Å². The summed E-state index contributed by atoms with van der Waals surface area (Å²) in [6, 6.07) is 14.5. The Balaban J connectivity index is 0.000000359. The summed E-state index contributed by atoms with van der Waals surface area (Å²) in [6.07, 6.45) is 0. The zero-order valence-electron chi connectivity index (χ0n) is 16.2. The largest absolute Gasteiger partial charge is 0.616 e. The van der Waals surface area contributed by atoms with Gasteiger partial charge in [-0.1, -0.05) is 12.1 Å². The summed E-state index contributed by atoms with van der Waals surface area (Å²) in [5.41, 5.74) is 0. The van der Waals surface area contributed by atoms with Crippen LogP contribution in [0.15, 0.2) is 58.3 Å². The first-order chi connectivity index (χ1) is 12.3. The Labute approximate surface area is 163 Å². The second-order valence-corrected chi connectivity index (χ2v) is 10.1. The lowest BCUT2D eigenvalue weighted by Crippen LogP contribution is -2.23. The summed E-state index contributed by atoms with van der Waals surface area (Å²) < 4.78 is 33.6. The molecule has 0 heterocycles. The maximum absolute atomic E-state index is 12.4. The monoisotopic (exact) mass is 396 g/mol. The van der Waals surface area contributed by atoms with Gasteiger partial charge in [-0.3, -0.25) is 0 Å². The fraction of sp³-hybridized carbons (Fsp3) is 0.400. The van der Waals surface area contributed by atoms with Gasteiger partial charge in [0, 0.05) is 23.3 Å². The molecule has 2 aromatic carbocycles. The third-order valence-electron chi connectivity index (χ3n) is 3.44. The molecule has 26 heavy (non-hydrogen) atoms. The lowest BCUT2D eigenvalue weighted by molar-refractivity contribution is 0.413. The molecule has 0 unspecified atom stereocenters. The zero-order valence-corrected chi connectivity index (χ0v) is 17.9.